The van der Waals surface area contributed by atoms with Crippen molar-refractivity contribution in [2.24, 2.45) is 0 Å². The molecule has 1 aliphatic heterocycles. The molecule has 1 heterocycles. The Labute approximate surface area is 166 Å². The minimum Gasteiger partial charge on any atom is -0.497 e. The zero-order chi connectivity index (χ0) is 17.8. The molecule has 1 amide bonds. The van der Waals surface area contributed by atoms with Gasteiger partial charge in [0, 0.05) is 40.5 Å². The second-order valence-electron chi connectivity index (χ2n) is 5.95. The van der Waals surface area contributed by atoms with Crippen molar-refractivity contribution in [1.29, 1.82) is 0 Å². The summed E-state index contributed by atoms with van der Waals surface area (Å²) in [4.78, 5) is 17.1. The van der Waals surface area contributed by atoms with Gasteiger partial charge in [0.2, 0.25) is 0 Å². The Hall–Kier alpha value is -1.47. The number of anilines is 1. The fourth-order valence-electron chi connectivity index (χ4n) is 3.00. The molecule has 1 saturated heterocycles. The Morgan fingerprint density at radius 1 is 1.08 bits per heavy atom. The first-order chi connectivity index (χ1) is 12.1. The molecule has 0 N–H and O–H groups in total. The maximum absolute atomic E-state index is 12.9. The molecule has 0 atom stereocenters. The predicted molar refractivity (Wildman–Crippen MR) is 110 cm³/mol. The van der Waals surface area contributed by atoms with Crippen LogP contribution in [0.4, 0.5) is 5.69 Å². The Kier molecular flexibility index (Phi) is 6.06. The number of amides is 1. The van der Waals surface area contributed by atoms with Crippen LogP contribution < -0.4 is 9.64 Å². The summed E-state index contributed by atoms with van der Waals surface area (Å²) in [6.45, 7) is 3.21. The fourth-order valence-corrected chi connectivity index (χ4v) is 3.74. The number of methoxy groups -OCH3 is 1. The average molecular weight is 471 g/mol. The Bertz CT molecular complexity index is 752. The van der Waals surface area contributed by atoms with E-state index in [1.807, 2.05) is 29.2 Å². The highest BCUT2D eigenvalue weighted by Crippen LogP contribution is 2.23. The molecule has 0 unspecified atom stereocenters. The molecule has 3 rings (SSSR count). The number of halogens is 2. The third-order valence-corrected chi connectivity index (χ3v) is 5.56. The Morgan fingerprint density at radius 2 is 1.84 bits per heavy atom. The molecule has 1 fully saturated rings. The van der Waals surface area contributed by atoms with Gasteiger partial charge in [-0.05, 0) is 71.5 Å². The standard InChI is InChI=1S/C19H20ClIN2O2/c1-25-16-6-4-15(5-7-16)22-9-2-10-23(12-11-22)19(24)17-13-14(20)3-8-18(17)21/h3-8,13H,2,9-12H2,1H3. The monoisotopic (exact) mass is 470 g/mol. The first-order valence-electron chi connectivity index (χ1n) is 8.22. The number of hydrogen-bond acceptors (Lipinski definition) is 3. The minimum absolute atomic E-state index is 0.0588. The van der Waals surface area contributed by atoms with E-state index in [2.05, 4.69) is 39.6 Å². The number of carbonyl (C=O) groups excluding carboxylic acids is 1. The molecule has 132 valence electrons. The second kappa shape index (κ2) is 8.27. The molecule has 0 radical (unpaired) electrons. The molecule has 25 heavy (non-hydrogen) atoms. The molecule has 0 aliphatic carbocycles. The smallest absolute Gasteiger partial charge is 0.255 e. The fraction of sp³-hybridized carbons (Fsp3) is 0.316. The van der Waals surface area contributed by atoms with E-state index in [-0.39, 0.29) is 5.91 Å². The highest BCUT2D eigenvalue weighted by atomic mass is 127. The third kappa shape index (κ3) is 4.39. The topological polar surface area (TPSA) is 32.8 Å². The lowest BCUT2D eigenvalue weighted by Crippen LogP contribution is -2.35. The molecule has 0 aromatic heterocycles. The maximum Gasteiger partial charge on any atom is 0.255 e. The van der Waals surface area contributed by atoms with Gasteiger partial charge in [-0.1, -0.05) is 11.6 Å². The summed E-state index contributed by atoms with van der Waals surface area (Å²) in [6.07, 6.45) is 0.939. The van der Waals surface area contributed by atoms with Gasteiger partial charge in [-0.15, -0.1) is 0 Å². The van der Waals surface area contributed by atoms with Gasteiger partial charge in [0.25, 0.3) is 5.91 Å². The van der Waals surface area contributed by atoms with Crippen LogP contribution in [0.2, 0.25) is 5.02 Å². The first kappa shape index (κ1) is 18.3. The van der Waals surface area contributed by atoms with Crippen LogP contribution in [0.25, 0.3) is 0 Å². The lowest BCUT2D eigenvalue weighted by molar-refractivity contribution is 0.0766. The molecule has 4 nitrogen and oxygen atoms in total. The lowest BCUT2D eigenvalue weighted by Gasteiger charge is -2.24. The number of ether oxygens (including phenoxy) is 1. The van der Waals surface area contributed by atoms with Crippen molar-refractivity contribution < 1.29 is 9.53 Å². The van der Waals surface area contributed by atoms with Crippen LogP contribution in [-0.4, -0.2) is 44.1 Å². The Morgan fingerprint density at radius 3 is 2.56 bits per heavy atom. The zero-order valence-electron chi connectivity index (χ0n) is 14.0. The van der Waals surface area contributed by atoms with Crippen molar-refractivity contribution in [3.63, 3.8) is 0 Å². The summed E-state index contributed by atoms with van der Waals surface area (Å²) in [5.41, 5.74) is 1.85. The molecule has 6 heteroatoms. The highest BCUT2D eigenvalue weighted by molar-refractivity contribution is 14.1. The summed E-state index contributed by atoms with van der Waals surface area (Å²) in [5, 5.41) is 0.596. The van der Waals surface area contributed by atoms with E-state index in [1.54, 1.807) is 13.2 Å². The summed E-state index contributed by atoms with van der Waals surface area (Å²) >= 11 is 8.26. The van der Waals surface area contributed by atoms with Crippen molar-refractivity contribution in [3.8, 4) is 5.75 Å². The van der Waals surface area contributed by atoms with Gasteiger partial charge in [0.15, 0.2) is 0 Å². The number of nitrogens with zero attached hydrogens (tertiary/aromatic N) is 2. The average Bonchev–Trinajstić information content (AvgIpc) is 2.89. The van der Waals surface area contributed by atoms with E-state index in [9.17, 15) is 4.79 Å². The van der Waals surface area contributed by atoms with Crippen molar-refractivity contribution in [1.82, 2.24) is 4.90 Å². The van der Waals surface area contributed by atoms with E-state index in [4.69, 9.17) is 16.3 Å². The van der Waals surface area contributed by atoms with Crippen LogP contribution in [-0.2, 0) is 0 Å². The molecule has 0 spiro atoms. The van der Waals surface area contributed by atoms with Crippen LogP contribution in [0.1, 0.15) is 16.8 Å². The predicted octanol–water partition coefficient (Wildman–Crippen LogP) is 4.31. The second-order valence-corrected chi connectivity index (χ2v) is 7.55. The van der Waals surface area contributed by atoms with Gasteiger partial charge in [0.05, 0.1) is 12.7 Å². The van der Waals surface area contributed by atoms with E-state index in [0.29, 0.717) is 17.1 Å². The molecule has 1 aliphatic rings. The zero-order valence-corrected chi connectivity index (χ0v) is 17.0. The quantitative estimate of drug-likeness (QED) is 0.627. The lowest BCUT2D eigenvalue weighted by atomic mass is 10.2. The summed E-state index contributed by atoms with van der Waals surface area (Å²) in [6, 6.07) is 13.5. The van der Waals surface area contributed by atoms with E-state index < -0.39 is 0 Å². The van der Waals surface area contributed by atoms with Crippen molar-refractivity contribution in [2.45, 2.75) is 6.42 Å². The van der Waals surface area contributed by atoms with Crippen LogP contribution in [0.15, 0.2) is 42.5 Å². The Balaban J connectivity index is 1.70. The normalized spacial score (nSPS) is 15.0. The molecular formula is C19H20ClIN2O2. The summed E-state index contributed by atoms with van der Waals surface area (Å²) in [5.74, 6) is 0.911. The van der Waals surface area contributed by atoms with Crippen LogP contribution in [0.3, 0.4) is 0 Å². The molecule has 0 bridgehead atoms. The van der Waals surface area contributed by atoms with Crippen LogP contribution >= 0.6 is 34.2 Å². The molecular weight excluding hydrogens is 451 g/mol. The largest absolute Gasteiger partial charge is 0.497 e. The first-order valence-corrected chi connectivity index (χ1v) is 9.67. The summed E-state index contributed by atoms with van der Waals surface area (Å²) in [7, 11) is 1.67. The van der Waals surface area contributed by atoms with Crippen molar-refractivity contribution >= 4 is 45.8 Å². The SMILES string of the molecule is COc1ccc(N2CCCN(C(=O)c3cc(Cl)ccc3I)CC2)cc1. The van der Waals surface area contributed by atoms with Crippen LogP contribution in [0.5, 0.6) is 5.75 Å². The van der Waals surface area contributed by atoms with Crippen molar-refractivity contribution in [2.75, 3.05) is 38.2 Å². The van der Waals surface area contributed by atoms with Gasteiger partial charge < -0.3 is 14.5 Å². The highest BCUT2D eigenvalue weighted by Gasteiger charge is 2.22. The molecule has 2 aromatic carbocycles. The van der Waals surface area contributed by atoms with Crippen molar-refractivity contribution in [3.05, 3.63) is 56.6 Å². The third-order valence-electron chi connectivity index (χ3n) is 4.38. The number of hydrogen-bond donors (Lipinski definition) is 0. The van der Waals surface area contributed by atoms with Gasteiger partial charge in [-0.2, -0.15) is 0 Å². The van der Waals surface area contributed by atoms with Gasteiger partial charge in [-0.3, -0.25) is 4.79 Å². The van der Waals surface area contributed by atoms with E-state index in [0.717, 1.165) is 41.1 Å². The summed E-state index contributed by atoms with van der Waals surface area (Å²) < 4.78 is 6.15. The van der Waals surface area contributed by atoms with Gasteiger partial charge in [0.1, 0.15) is 5.75 Å². The van der Waals surface area contributed by atoms with E-state index in [1.165, 1.54) is 0 Å². The number of rotatable bonds is 3. The van der Waals surface area contributed by atoms with Gasteiger partial charge in [-0.25, -0.2) is 0 Å². The van der Waals surface area contributed by atoms with E-state index >= 15 is 0 Å². The van der Waals surface area contributed by atoms with Gasteiger partial charge >= 0.3 is 0 Å². The van der Waals surface area contributed by atoms with Crippen LogP contribution in [0, 0.1) is 3.57 Å². The minimum atomic E-state index is 0.0588. The molecule has 0 saturated carbocycles. The number of benzene rings is 2. The number of carbonyl (C=O) groups is 1. The molecule has 2 aromatic rings. The maximum atomic E-state index is 12.9.